The molecule has 1 aromatic carbocycles. The first-order chi connectivity index (χ1) is 9.29. The molecular formula is C13H10N2O4. The van der Waals surface area contributed by atoms with E-state index in [1.807, 2.05) is 0 Å². The van der Waals surface area contributed by atoms with E-state index in [1.165, 1.54) is 13.4 Å². The number of aromatic nitrogens is 2. The van der Waals surface area contributed by atoms with Crippen LogP contribution < -0.4 is 4.74 Å². The monoisotopic (exact) mass is 258 g/mol. The van der Waals surface area contributed by atoms with Gasteiger partial charge in [-0.1, -0.05) is 11.2 Å². The van der Waals surface area contributed by atoms with Gasteiger partial charge in [-0.05, 0) is 24.3 Å². The highest BCUT2D eigenvalue weighted by Gasteiger charge is 2.17. The molecule has 0 saturated heterocycles. The quantitative estimate of drug-likeness (QED) is 0.777. The predicted molar refractivity (Wildman–Crippen MR) is 65.7 cm³/mol. The molecule has 19 heavy (non-hydrogen) atoms. The molecule has 2 heterocycles. The summed E-state index contributed by atoms with van der Waals surface area (Å²) in [7, 11) is 1.47. The Kier molecular flexibility index (Phi) is 2.68. The zero-order valence-corrected chi connectivity index (χ0v) is 10.0. The maximum absolute atomic E-state index is 10.0. The van der Waals surface area contributed by atoms with E-state index >= 15 is 0 Å². The fraction of sp³-hybridized carbons (Fsp3) is 0.0769. The van der Waals surface area contributed by atoms with Crippen LogP contribution in [0, 0.1) is 0 Å². The van der Waals surface area contributed by atoms with Crippen LogP contribution in [0.5, 0.6) is 11.5 Å². The fourth-order valence-corrected chi connectivity index (χ4v) is 1.70. The first kappa shape index (κ1) is 11.3. The molecule has 3 aromatic rings. The minimum absolute atomic E-state index is 0.0420. The first-order valence-electron chi connectivity index (χ1n) is 5.53. The van der Waals surface area contributed by atoms with E-state index < -0.39 is 0 Å². The predicted octanol–water partition coefficient (Wildman–Crippen LogP) is 2.71. The second-order valence-corrected chi connectivity index (χ2v) is 3.76. The van der Waals surface area contributed by atoms with Gasteiger partial charge in [0.1, 0.15) is 0 Å². The number of benzene rings is 1. The number of furan rings is 1. The van der Waals surface area contributed by atoms with Crippen molar-refractivity contribution in [2.24, 2.45) is 0 Å². The number of phenolic OH excluding ortho intramolecular Hbond substituents is 1. The number of aromatic hydroxyl groups is 1. The normalized spacial score (nSPS) is 10.6. The van der Waals surface area contributed by atoms with Gasteiger partial charge in [0, 0.05) is 0 Å². The summed E-state index contributed by atoms with van der Waals surface area (Å²) in [6.45, 7) is 0. The third kappa shape index (κ3) is 1.93. The fourth-order valence-electron chi connectivity index (χ4n) is 1.70. The van der Waals surface area contributed by atoms with Gasteiger partial charge < -0.3 is 18.8 Å². The van der Waals surface area contributed by atoms with Crippen LogP contribution in [0.3, 0.4) is 0 Å². The Bertz CT molecular complexity index is 688. The Hall–Kier alpha value is -2.76. The van der Waals surface area contributed by atoms with Crippen LogP contribution in [0.25, 0.3) is 23.0 Å². The van der Waals surface area contributed by atoms with Crippen molar-refractivity contribution in [3.05, 3.63) is 36.6 Å². The van der Waals surface area contributed by atoms with Crippen molar-refractivity contribution in [1.29, 1.82) is 0 Å². The molecule has 6 nitrogen and oxygen atoms in total. The number of hydrogen-bond acceptors (Lipinski definition) is 6. The highest BCUT2D eigenvalue weighted by molar-refractivity contribution is 5.67. The number of nitrogens with zero attached hydrogens (tertiary/aromatic N) is 2. The molecule has 0 fully saturated rings. The molecule has 0 radical (unpaired) electrons. The van der Waals surface area contributed by atoms with Gasteiger partial charge in [0.15, 0.2) is 17.3 Å². The van der Waals surface area contributed by atoms with E-state index in [9.17, 15) is 5.11 Å². The Morgan fingerprint density at radius 3 is 2.84 bits per heavy atom. The Balaban J connectivity index is 2.04. The van der Waals surface area contributed by atoms with E-state index in [0.29, 0.717) is 22.9 Å². The second-order valence-electron chi connectivity index (χ2n) is 3.76. The minimum atomic E-state index is -0.0420. The molecule has 0 bridgehead atoms. The van der Waals surface area contributed by atoms with Gasteiger partial charge >= 0.3 is 0 Å². The average Bonchev–Trinajstić information content (AvgIpc) is 3.09. The molecule has 0 saturated carbocycles. The molecule has 2 aromatic heterocycles. The van der Waals surface area contributed by atoms with Crippen molar-refractivity contribution in [2.45, 2.75) is 0 Å². The molecule has 96 valence electrons. The molecule has 3 rings (SSSR count). The lowest BCUT2D eigenvalue weighted by Gasteiger charge is -2.04. The van der Waals surface area contributed by atoms with Gasteiger partial charge in [0.2, 0.25) is 5.82 Å². The lowest BCUT2D eigenvalue weighted by atomic mass is 10.2. The van der Waals surface area contributed by atoms with E-state index in [0.717, 1.165) is 0 Å². The number of para-hydroxylation sites is 1. The molecular weight excluding hydrogens is 248 g/mol. The number of rotatable bonds is 3. The molecule has 0 amide bonds. The van der Waals surface area contributed by atoms with E-state index in [-0.39, 0.29) is 11.6 Å². The van der Waals surface area contributed by atoms with Crippen molar-refractivity contribution in [3.8, 4) is 34.5 Å². The smallest absolute Gasteiger partial charge is 0.262 e. The van der Waals surface area contributed by atoms with Crippen LogP contribution in [0.2, 0.25) is 0 Å². The Morgan fingerprint density at radius 2 is 2.11 bits per heavy atom. The van der Waals surface area contributed by atoms with Crippen molar-refractivity contribution in [2.75, 3.05) is 7.11 Å². The van der Waals surface area contributed by atoms with E-state index in [4.69, 9.17) is 13.7 Å². The lowest BCUT2D eigenvalue weighted by molar-refractivity contribution is 0.371. The number of hydrogen-bond donors (Lipinski definition) is 1. The zero-order chi connectivity index (χ0) is 13.2. The molecule has 0 aliphatic rings. The van der Waals surface area contributed by atoms with E-state index in [1.54, 1.807) is 30.3 Å². The van der Waals surface area contributed by atoms with Gasteiger partial charge in [-0.25, -0.2) is 0 Å². The van der Waals surface area contributed by atoms with Crippen molar-refractivity contribution >= 4 is 0 Å². The molecule has 1 N–H and O–H groups in total. The van der Waals surface area contributed by atoms with Gasteiger partial charge in [0.25, 0.3) is 5.89 Å². The van der Waals surface area contributed by atoms with Crippen LogP contribution in [-0.4, -0.2) is 22.4 Å². The molecule has 0 aliphatic carbocycles. The molecule has 0 spiro atoms. The summed E-state index contributed by atoms with van der Waals surface area (Å²) in [4.78, 5) is 4.17. The van der Waals surface area contributed by atoms with Gasteiger partial charge in [-0.15, -0.1) is 0 Å². The van der Waals surface area contributed by atoms with Gasteiger partial charge in [0.05, 0.1) is 18.9 Å². The van der Waals surface area contributed by atoms with Crippen molar-refractivity contribution in [1.82, 2.24) is 10.1 Å². The lowest BCUT2D eigenvalue weighted by Crippen LogP contribution is -1.86. The third-order valence-electron chi connectivity index (χ3n) is 2.62. The van der Waals surface area contributed by atoms with Crippen LogP contribution in [-0.2, 0) is 0 Å². The number of phenols is 1. The standard InChI is InChI=1S/C13H10N2O4/c1-17-9-5-2-4-8(11(9)16)13-14-12(15-19-13)10-6-3-7-18-10/h2-7,16H,1H3. The molecule has 0 atom stereocenters. The van der Waals surface area contributed by atoms with Crippen LogP contribution in [0.15, 0.2) is 45.5 Å². The number of ether oxygens (including phenoxy) is 1. The highest BCUT2D eigenvalue weighted by Crippen LogP contribution is 2.36. The summed E-state index contributed by atoms with van der Waals surface area (Å²) >= 11 is 0. The van der Waals surface area contributed by atoms with Crippen LogP contribution >= 0.6 is 0 Å². The largest absolute Gasteiger partial charge is 0.504 e. The molecule has 0 unspecified atom stereocenters. The summed E-state index contributed by atoms with van der Waals surface area (Å²) in [6.07, 6.45) is 1.52. The highest BCUT2D eigenvalue weighted by atomic mass is 16.5. The summed E-state index contributed by atoms with van der Waals surface area (Å²) in [5, 5.41) is 13.8. The average molecular weight is 258 g/mol. The summed E-state index contributed by atoms with van der Waals surface area (Å²) in [6, 6.07) is 8.49. The van der Waals surface area contributed by atoms with Crippen molar-refractivity contribution in [3.63, 3.8) is 0 Å². The molecule has 6 heteroatoms. The molecule has 0 aliphatic heterocycles. The first-order valence-corrected chi connectivity index (χ1v) is 5.53. The minimum Gasteiger partial charge on any atom is -0.504 e. The summed E-state index contributed by atoms with van der Waals surface area (Å²) < 4.78 is 15.3. The van der Waals surface area contributed by atoms with Gasteiger partial charge in [-0.2, -0.15) is 4.98 Å². The van der Waals surface area contributed by atoms with Crippen molar-refractivity contribution < 1.29 is 18.8 Å². The SMILES string of the molecule is COc1cccc(-c2nc(-c3ccco3)no2)c1O. The summed E-state index contributed by atoms with van der Waals surface area (Å²) in [5.41, 5.74) is 0.407. The topological polar surface area (TPSA) is 81.5 Å². The van der Waals surface area contributed by atoms with E-state index in [2.05, 4.69) is 10.1 Å². The van der Waals surface area contributed by atoms with Crippen LogP contribution in [0.1, 0.15) is 0 Å². The zero-order valence-electron chi connectivity index (χ0n) is 10.0. The summed E-state index contributed by atoms with van der Waals surface area (Å²) in [5.74, 6) is 1.32. The number of methoxy groups -OCH3 is 1. The van der Waals surface area contributed by atoms with Crippen LogP contribution in [0.4, 0.5) is 0 Å². The Labute approximate surface area is 108 Å². The maximum atomic E-state index is 10.0. The third-order valence-corrected chi connectivity index (χ3v) is 2.62. The Morgan fingerprint density at radius 1 is 1.21 bits per heavy atom. The van der Waals surface area contributed by atoms with Gasteiger partial charge in [-0.3, -0.25) is 0 Å². The maximum Gasteiger partial charge on any atom is 0.262 e. The second kappa shape index (κ2) is 4.49.